The molecule has 10 heteroatoms. The molecular weight excluding hydrogens is 501 g/mol. The lowest BCUT2D eigenvalue weighted by Crippen LogP contribution is -2.51. The predicted octanol–water partition coefficient (Wildman–Crippen LogP) is 4.86. The molecule has 1 fully saturated rings. The van der Waals surface area contributed by atoms with E-state index in [0.29, 0.717) is 29.6 Å². The molecule has 0 unspecified atom stereocenters. The molecule has 0 saturated heterocycles. The van der Waals surface area contributed by atoms with Crippen molar-refractivity contribution < 1.29 is 9.18 Å². The molecule has 0 N–H and O–H groups in total. The van der Waals surface area contributed by atoms with Gasteiger partial charge in [0.05, 0.1) is 24.3 Å². The first kappa shape index (κ1) is 23.1. The van der Waals surface area contributed by atoms with Crippen LogP contribution in [-0.2, 0) is 6.54 Å². The maximum atomic E-state index is 13.7. The zero-order valence-electron chi connectivity index (χ0n) is 20.7. The van der Waals surface area contributed by atoms with E-state index in [1.807, 2.05) is 47.1 Å². The predicted molar refractivity (Wildman–Crippen MR) is 143 cm³/mol. The Morgan fingerprint density at radius 1 is 1.05 bits per heavy atom. The fraction of sp³-hybridized carbons (Fsp3) is 0.250. The van der Waals surface area contributed by atoms with Gasteiger partial charge in [0, 0.05) is 18.8 Å². The van der Waals surface area contributed by atoms with Gasteiger partial charge in [0.15, 0.2) is 5.82 Å². The second-order valence-corrected chi connectivity index (χ2v) is 10.7. The number of nitrogens with zero attached hydrogens (tertiary/aromatic N) is 7. The minimum Gasteiger partial charge on any atom is -0.289 e. The van der Waals surface area contributed by atoms with E-state index >= 15 is 0 Å². The smallest absolute Gasteiger partial charge is 0.266 e. The third-order valence-corrected chi connectivity index (χ3v) is 8.40. The molecule has 4 aromatic rings. The van der Waals surface area contributed by atoms with Gasteiger partial charge >= 0.3 is 0 Å². The Balaban J connectivity index is 1.29. The summed E-state index contributed by atoms with van der Waals surface area (Å²) in [6.45, 7) is 0.463. The van der Waals surface area contributed by atoms with Crippen LogP contribution in [0.15, 0.2) is 81.9 Å². The molecule has 5 heterocycles. The average Bonchev–Trinajstić information content (AvgIpc) is 3.62. The number of aromatic nitrogens is 4. The summed E-state index contributed by atoms with van der Waals surface area (Å²) in [5, 5.41) is 6.57. The second kappa shape index (κ2) is 9.05. The number of carbonyl (C=O) groups is 1. The lowest BCUT2D eigenvalue weighted by Gasteiger charge is -2.34. The molecular formula is C28H24FN7OS. The summed E-state index contributed by atoms with van der Waals surface area (Å²) in [5.41, 5.74) is 3.01. The number of hydrogen-bond donors (Lipinski definition) is 0. The number of aliphatic imine (C=N–C) groups is 1. The summed E-state index contributed by atoms with van der Waals surface area (Å²) < 4.78 is 15.5. The third kappa shape index (κ3) is 3.78. The molecule has 1 aromatic carbocycles. The number of hydrogen-bond acceptors (Lipinski definition) is 7. The van der Waals surface area contributed by atoms with E-state index in [1.165, 1.54) is 17.8 Å². The Labute approximate surface area is 223 Å². The zero-order chi connectivity index (χ0) is 25.8. The van der Waals surface area contributed by atoms with Crippen LogP contribution in [0.4, 0.5) is 10.2 Å². The number of carbonyl (C=O) groups excluding carboxylic acids is 1. The Bertz CT molecular complexity index is 1570. The second-order valence-electron chi connectivity index (χ2n) is 9.70. The molecule has 1 amide bonds. The van der Waals surface area contributed by atoms with E-state index in [2.05, 4.69) is 14.9 Å². The Kier molecular flexibility index (Phi) is 5.50. The van der Waals surface area contributed by atoms with E-state index in [-0.39, 0.29) is 18.0 Å². The lowest BCUT2D eigenvalue weighted by molar-refractivity contribution is 0.0861. The standard InChI is InChI=1S/C28H24FN7OS/c1-34-26(37)24-25(36-21-8-4-7-20(21)32-28(34)36)33-35(27(24)38-23-10-2-3-15-30-23)16-17-11-13-18(14-12-17)19-6-5-9-22(29)31-19/h2-3,5-6,9-15,20-21H,4,7-8,16H2,1H3/t20-,21+/m1/s1. The van der Waals surface area contributed by atoms with Gasteiger partial charge in [0.25, 0.3) is 5.91 Å². The number of benzene rings is 1. The van der Waals surface area contributed by atoms with Gasteiger partial charge in [-0.1, -0.05) is 36.4 Å². The number of rotatable bonds is 5. The monoisotopic (exact) mass is 525 g/mol. The molecule has 0 radical (unpaired) electrons. The van der Waals surface area contributed by atoms with Crippen LogP contribution in [0, 0.1) is 5.95 Å². The van der Waals surface area contributed by atoms with Gasteiger partial charge in [0.2, 0.25) is 11.9 Å². The van der Waals surface area contributed by atoms with Crippen LogP contribution in [0.1, 0.15) is 35.2 Å². The van der Waals surface area contributed by atoms with Gasteiger partial charge in [-0.05, 0) is 60.9 Å². The first-order valence-corrected chi connectivity index (χ1v) is 13.4. The highest BCUT2D eigenvalue weighted by Gasteiger charge is 2.49. The van der Waals surface area contributed by atoms with Crippen molar-refractivity contribution in [3.05, 3.63) is 83.9 Å². The van der Waals surface area contributed by atoms with Crippen molar-refractivity contribution in [2.24, 2.45) is 4.99 Å². The van der Waals surface area contributed by atoms with Crippen molar-refractivity contribution in [2.75, 3.05) is 11.9 Å². The molecule has 0 spiro atoms. The molecule has 3 aliphatic rings. The Hall–Kier alpha value is -4.05. The molecule has 8 nitrogen and oxygen atoms in total. The fourth-order valence-corrected chi connectivity index (χ4v) is 6.47. The van der Waals surface area contributed by atoms with Gasteiger partial charge in [-0.25, -0.2) is 15.0 Å². The summed E-state index contributed by atoms with van der Waals surface area (Å²) in [4.78, 5) is 30.9. The lowest BCUT2D eigenvalue weighted by atomic mass is 10.1. The minimum atomic E-state index is -0.506. The van der Waals surface area contributed by atoms with E-state index in [1.54, 1.807) is 30.3 Å². The zero-order valence-corrected chi connectivity index (χ0v) is 21.5. The van der Waals surface area contributed by atoms with Gasteiger partial charge in [-0.15, -0.1) is 0 Å². The first-order valence-electron chi connectivity index (χ1n) is 12.6. The van der Waals surface area contributed by atoms with E-state index in [9.17, 15) is 9.18 Å². The van der Waals surface area contributed by atoms with Crippen molar-refractivity contribution in [3.8, 4) is 11.3 Å². The summed E-state index contributed by atoms with van der Waals surface area (Å²) >= 11 is 1.45. The molecule has 7 rings (SSSR count). The number of fused-ring (bicyclic) bond motifs is 5. The fourth-order valence-electron chi connectivity index (χ4n) is 5.52. The normalized spacial score (nSPS) is 19.8. The molecule has 2 atom stereocenters. The number of pyridine rings is 2. The maximum absolute atomic E-state index is 13.7. The minimum absolute atomic E-state index is 0.104. The molecule has 2 aliphatic heterocycles. The van der Waals surface area contributed by atoms with Crippen LogP contribution in [0.5, 0.6) is 0 Å². The van der Waals surface area contributed by atoms with Crippen LogP contribution in [0.3, 0.4) is 0 Å². The number of amides is 1. The summed E-state index contributed by atoms with van der Waals surface area (Å²) in [6.07, 6.45) is 4.93. The van der Waals surface area contributed by atoms with Gasteiger partial charge in [0.1, 0.15) is 15.6 Å². The highest BCUT2D eigenvalue weighted by Crippen LogP contribution is 2.44. The van der Waals surface area contributed by atoms with Crippen molar-refractivity contribution >= 4 is 29.4 Å². The number of anilines is 1. The largest absolute Gasteiger partial charge is 0.289 e. The average molecular weight is 526 g/mol. The van der Waals surface area contributed by atoms with Crippen LogP contribution >= 0.6 is 11.8 Å². The van der Waals surface area contributed by atoms with Crippen molar-refractivity contribution in [2.45, 2.75) is 47.9 Å². The Morgan fingerprint density at radius 2 is 1.92 bits per heavy atom. The van der Waals surface area contributed by atoms with Crippen LogP contribution in [0.2, 0.25) is 0 Å². The first-order chi connectivity index (χ1) is 18.6. The Morgan fingerprint density at radius 3 is 2.71 bits per heavy atom. The van der Waals surface area contributed by atoms with E-state index < -0.39 is 5.95 Å². The van der Waals surface area contributed by atoms with Gasteiger partial charge in [-0.3, -0.25) is 19.3 Å². The third-order valence-electron chi connectivity index (χ3n) is 7.34. The van der Waals surface area contributed by atoms with E-state index in [4.69, 9.17) is 10.1 Å². The van der Waals surface area contributed by atoms with Crippen LogP contribution < -0.4 is 4.90 Å². The van der Waals surface area contributed by atoms with E-state index in [0.717, 1.165) is 40.4 Å². The summed E-state index contributed by atoms with van der Waals surface area (Å²) in [5.74, 6) is 0.768. The maximum Gasteiger partial charge on any atom is 0.266 e. The quantitative estimate of drug-likeness (QED) is 0.346. The highest BCUT2D eigenvalue weighted by molar-refractivity contribution is 7.99. The number of halogens is 1. The SMILES string of the molecule is CN1C(=O)c2c(nn(Cc3ccc(-c4cccc(F)n4)cc3)c2Sc2ccccn2)N2C1=N[C@@H]1CCC[C@@H]12. The highest BCUT2D eigenvalue weighted by atomic mass is 32.2. The number of guanidine groups is 1. The summed E-state index contributed by atoms with van der Waals surface area (Å²) in [7, 11) is 1.80. The summed E-state index contributed by atoms with van der Waals surface area (Å²) in [6, 6.07) is 18.8. The molecule has 1 aliphatic carbocycles. The topological polar surface area (TPSA) is 79.5 Å². The van der Waals surface area contributed by atoms with Crippen molar-refractivity contribution in [1.82, 2.24) is 24.6 Å². The van der Waals surface area contributed by atoms with Crippen molar-refractivity contribution in [1.29, 1.82) is 0 Å². The van der Waals surface area contributed by atoms with Crippen molar-refractivity contribution in [3.63, 3.8) is 0 Å². The molecule has 38 heavy (non-hydrogen) atoms. The van der Waals surface area contributed by atoms with Crippen LogP contribution in [-0.4, -0.2) is 55.6 Å². The molecule has 0 bridgehead atoms. The van der Waals surface area contributed by atoms with Crippen LogP contribution in [0.25, 0.3) is 11.3 Å². The van der Waals surface area contributed by atoms with Gasteiger partial charge in [-0.2, -0.15) is 9.49 Å². The molecule has 190 valence electrons. The molecule has 3 aromatic heterocycles. The molecule has 1 saturated carbocycles. The van der Waals surface area contributed by atoms with Gasteiger partial charge < -0.3 is 0 Å².